The van der Waals surface area contributed by atoms with Gasteiger partial charge in [0, 0.05) is 19.3 Å². The molecule has 1 rings (SSSR count). The first-order chi connectivity index (χ1) is 8.19. The molecule has 0 spiro atoms. The van der Waals surface area contributed by atoms with E-state index in [2.05, 4.69) is 31.0 Å². The Balaban J connectivity index is 2.84. The van der Waals surface area contributed by atoms with Gasteiger partial charge in [-0.1, -0.05) is 5.21 Å². The largest absolute Gasteiger partial charge is 0.388 e. The maximum absolute atomic E-state index is 12.0. The van der Waals surface area contributed by atoms with Crippen molar-refractivity contribution >= 4 is 37.7 Å². The smallest absolute Gasteiger partial charge is 0.260 e. The molecule has 1 atom stereocenters. The predicted octanol–water partition coefficient (Wildman–Crippen LogP) is -0.0301. The minimum Gasteiger partial charge on any atom is -0.388 e. The predicted molar refractivity (Wildman–Crippen MR) is 72.9 cm³/mol. The highest BCUT2D eigenvalue weighted by atomic mass is 79.9. The molecule has 7 nitrogen and oxygen atoms in total. The molecule has 0 radical (unpaired) electrons. The number of aryl methyl sites for hydroxylation is 1. The van der Waals surface area contributed by atoms with Gasteiger partial charge in [-0.3, -0.25) is 0 Å². The minimum atomic E-state index is -3.76. The summed E-state index contributed by atoms with van der Waals surface area (Å²) in [5, 5.41) is 17.1. The highest BCUT2D eigenvalue weighted by molar-refractivity contribution is 9.10. The average molecular weight is 359 g/mol. The van der Waals surface area contributed by atoms with E-state index in [0.717, 1.165) is 4.68 Å². The summed E-state index contributed by atoms with van der Waals surface area (Å²) >= 11 is 4.46. The molecule has 10 heteroatoms. The van der Waals surface area contributed by atoms with Gasteiger partial charge in [0.25, 0.3) is 10.0 Å². The summed E-state index contributed by atoms with van der Waals surface area (Å²) in [4.78, 5) is 0. The van der Waals surface area contributed by atoms with Crippen LogP contribution < -0.4 is 4.72 Å². The normalized spacial score (nSPS) is 15.6. The van der Waals surface area contributed by atoms with Gasteiger partial charge in [-0.15, -0.1) is 5.10 Å². The highest BCUT2D eigenvalue weighted by Crippen LogP contribution is 2.18. The second-order valence-corrected chi connectivity index (χ2v) is 7.36. The molecular weight excluding hydrogens is 344 g/mol. The molecule has 0 amide bonds. The summed E-state index contributed by atoms with van der Waals surface area (Å²) in [7, 11) is -2.28. The fourth-order valence-electron chi connectivity index (χ4n) is 1.29. The first-order valence-electron chi connectivity index (χ1n) is 4.96. The van der Waals surface area contributed by atoms with Crippen LogP contribution in [0, 0.1) is 0 Å². The maximum Gasteiger partial charge on any atom is 0.260 e. The fourth-order valence-corrected chi connectivity index (χ4v) is 4.26. The van der Waals surface area contributed by atoms with Gasteiger partial charge in [0.05, 0.1) is 5.60 Å². The van der Waals surface area contributed by atoms with Gasteiger partial charge in [0.2, 0.25) is 5.03 Å². The van der Waals surface area contributed by atoms with Crippen molar-refractivity contribution in [3.63, 3.8) is 0 Å². The van der Waals surface area contributed by atoms with Crippen LogP contribution in [0.2, 0.25) is 0 Å². The molecular formula is C8H15BrN4O3S2. The molecule has 0 aliphatic rings. The number of aromatic nitrogens is 3. The molecule has 0 bridgehead atoms. The third-order valence-corrected chi connectivity index (χ3v) is 5.29. The molecule has 1 heterocycles. The lowest BCUT2D eigenvalue weighted by Crippen LogP contribution is -2.42. The molecule has 0 aliphatic heterocycles. The van der Waals surface area contributed by atoms with E-state index in [9.17, 15) is 13.5 Å². The van der Waals surface area contributed by atoms with E-state index >= 15 is 0 Å². The summed E-state index contributed by atoms with van der Waals surface area (Å²) in [5.41, 5.74) is -1.11. The zero-order valence-corrected chi connectivity index (χ0v) is 13.4. The summed E-state index contributed by atoms with van der Waals surface area (Å²) < 4.78 is 27.7. The first-order valence-corrected chi connectivity index (χ1v) is 8.63. The van der Waals surface area contributed by atoms with Crippen molar-refractivity contribution in [1.82, 2.24) is 19.7 Å². The minimum absolute atomic E-state index is 0.0672. The summed E-state index contributed by atoms with van der Waals surface area (Å²) in [5.74, 6) is 0.431. The number of aliphatic hydroxyl groups is 1. The van der Waals surface area contributed by atoms with Crippen LogP contribution >= 0.6 is 27.7 Å². The van der Waals surface area contributed by atoms with Crippen molar-refractivity contribution in [2.24, 2.45) is 7.05 Å². The fraction of sp³-hybridized carbons (Fsp3) is 0.750. The number of nitrogens with one attached hydrogen (secondary N) is 1. The van der Waals surface area contributed by atoms with Crippen LogP contribution in [0.25, 0.3) is 0 Å². The Bertz CT molecular complexity index is 495. The lowest BCUT2D eigenvalue weighted by atomic mass is 10.1. The van der Waals surface area contributed by atoms with Crippen LogP contribution in [0.3, 0.4) is 0 Å². The monoisotopic (exact) mass is 358 g/mol. The third kappa shape index (κ3) is 3.92. The quantitative estimate of drug-likeness (QED) is 0.741. The topological polar surface area (TPSA) is 97.1 Å². The van der Waals surface area contributed by atoms with Gasteiger partial charge >= 0.3 is 0 Å². The van der Waals surface area contributed by atoms with E-state index in [1.807, 2.05) is 6.26 Å². The summed E-state index contributed by atoms with van der Waals surface area (Å²) in [6.07, 6.45) is 1.84. The second-order valence-electron chi connectivity index (χ2n) is 4.06. The Morgan fingerprint density at radius 1 is 1.61 bits per heavy atom. The average Bonchev–Trinajstić information content (AvgIpc) is 2.56. The van der Waals surface area contributed by atoms with Crippen molar-refractivity contribution in [2.75, 3.05) is 18.6 Å². The van der Waals surface area contributed by atoms with Crippen molar-refractivity contribution in [3.05, 3.63) is 4.60 Å². The molecule has 0 fully saturated rings. The Hall–Kier alpha value is -0.160. The lowest BCUT2D eigenvalue weighted by molar-refractivity contribution is 0.0908. The van der Waals surface area contributed by atoms with Crippen LogP contribution in [-0.2, 0) is 17.1 Å². The van der Waals surface area contributed by atoms with Crippen LogP contribution in [0.1, 0.15) is 6.92 Å². The number of sulfonamides is 1. The number of hydrogen-bond acceptors (Lipinski definition) is 6. The molecule has 18 heavy (non-hydrogen) atoms. The van der Waals surface area contributed by atoms with Gasteiger partial charge in [-0.25, -0.2) is 17.8 Å². The Labute approximate surface area is 119 Å². The second kappa shape index (κ2) is 5.87. The molecule has 1 aromatic heterocycles. The van der Waals surface area contributed by atoms with E-state index in [-0.39, 0.29) is 16.2 Å². The van der Waals surface area contributed by atoms with Crippen LogP contribution in [0.4, 0.5) is 0 Å². The van der Waals surface area contributed by atoms with E-state index in [1.165, 1.54) is 18.8 Å². The first kappa shape index (κ1) is 15.9. The number of hydrogen-bond donors (Lipinski definition) is 2. The number of thioether (sulfide) groups is 1. The van der Waals surface area contributed by atoms with Crippen molar-refractivity contribution in [2.45, 2.75) is 17.6 Å². The van der Waals surface area contributed by atoms with Crippen LogP contribution in [-0.4, -0.2) is 52.7 Å². The Kier molecular flexibility index (Phi) is 5.18. The molecule has 0 saturated heterocycles. The number of nitrogens with zero attached hydrogens (tertiary/aromatic N) is 3. The van der Waals surface area contributed by atoms with Crippen LogP contribution in [0.15, 0.2) is 9.63 Å². The maximum atomic E-state index is 12.0. The zero-order chi connectivity index (χ0) is 14.0. The van der Waals surface area contributed by atoms with Crippen molar-refractivity contribution in [1.29, 1.82) is 0 Å². The highest BCUT2D eigenvalue weighted by Gasteiger charge is 2.27. The molecule has 0 aliphatic carbocycles. The molecule has 1 aromatic rings. The summed E-state index contributed by atoms with van der Waals surface area (Å²) in [6, 6.07) is 0. The van der Waals surface area contributed by atoms with Crippen molar-refractivity contribution in [3.8, 4) is 0 Å². The molecule has 2 N–H and O–H groups in total. The van der Waals surface area contributed by atoms with E-state index in [0.29, 0.717) is 5.75 Å². The van der Waals surface area contributed by atoms with Gasteiger partial charge in [0.15, 0.2) is 4.60 Å². The van der Waals surface area contributed by atoms with Gasteiger partial charge in [-0.2, -0.15) is 11.8 Å². The number of halogens is 1. The SMILES string of the molecule is CSCC(C)(O)CNS(=O)(=O)c1c(Br)nnn1C. The van der Waals surface area contributed by atoms with E-state index < -0.39 is 15.6 Å². The molecule has 1 unspecified atom stereocenters. The van der Waals surface area contributed by atoms with Gasteiger partial charge < -0.3 is 5.11 Å². The lowest BCUT2D eigenvalue weighted by Gasteiger charge is -2.22. The van der Waals surface area contributed by atoms with Gasteiger partial charge in [-0.05, 0) is 29.1 Å². The third-order valence-electron chi connectivity index (χ3n) is 2.09. The molecule has 0 aromatic carbocycles. The molecule has 104 valence electrons. The standard InChI is InChI=1S/C8H15BrN4O3S2/c1-8(14,5-17-3)4-10-18(15,16)7-6(9)11-12-13(7)2/h10,14H,4-5H2,1-3H3. The number of rotatable bonds is 6. The molecule has 0 saturated carbocycles. The van der Waals surface area contributed by atoms with E-state index in [4.69, 9.17) is 0 Å². The van der Waals surface area contributed by atoms with E-state index in [1.54, 1.807) is 6.92 Å². The zero-order valence-electron chi connectivity index (χ0n) is 10.2. The Morgan fingerprint density at radius 2 is 2.22 bits per heavy atom. The Morgan fingerprint density at radius 3 is 2.67 bits per heavy atom. The van der Waals surface area contributed by atoms with Crippen LogP contribution in [0.5, 0.6) is 0 Å². The van der Waals surface area contributed by atoms with Gasteiger partial charge in [0.1, 0.15) is 0 Å². The summed E-state index contributed by atoms with van der Waals surface area (Å²) in [6.45, 7) is 1.50. The van der Waals surface area contributed by atoms with Crippen molar-refractivity contribution < 1.29 is 13.5 Å².